The van der Waals surface area contributed by atoms with Crippen LogP contribution in [0.15, 0.2) is 46.1 Å². The maximum Gasteiger partial charge on any atom is 0.459 e. The van der Waals surface area contributed by atoms with Gasteiger partial charge in [0.15, 0.2) is 6.23 Å². The Bertz CT molecular complexity index is 1270. The van der Waals surface area contributed by atoms with Gasteiger partial charge in [-0.3, -0.25) is 23.7 Å². The van der Waals surface area contributed by atoms with Crippen molar-refractivity contribution in [1.29, 1.82) is 0 Å². The molecule has 1 fully saturated rings. The third kappa shape index (κ3) is 7.02. The minimum Gasteiger partial charge on any atom is -0.462 e. The van der Waals surface area contributed by atoms with Gasteiger partial charge in [0.05, 0.1) is 12.7 Å². The molecule has 1 aliphatic heterocycles. The summed E-state index contributed by atoms with van der Waals surface area (Å²) in [6.07, 6.45) is -3.27. The molecule has 1 saturated heterocycles. The van der Waals surface area contributed by atoms with Crippen molar-refractivity contribution in [2.45, 2.75) is 63.2 Å². The van der Waals surface area contributed by atoms with Crippen molar-refractivity contribution in [3.8, 4) is 5.75 Å². The van der Waals surface area contributed by atoms with Gasteiger partial charge in [-0.05, 0) is 39.8 Å². The fourth-order valence-electron chi connectivity index (χ4n) is 3.49. The van der Waals surface area contributed by atoms with E-state index < -0.39 is 67.0 Å². The van der Waals surface area contributed by atoms with E-state index in [1.807, 2.05) is 4.98 Å². The first-order valence-electron chi connectivity index (χ1n) is 11.2. The lowest BCUT2D eigenvalue weighted by atomic mass is 10.0. The molecule has 3 N–H and O–H groups in total. The number of para-hydroxylation sites is 1. The van der Waals surface area contributed by atoms with Crippen molar-refractivity contribution in [3.63, 3.8) is 0 Å². The van der Waals surface area contributed by atoms with E-state index in [2.05, 4.69) is 5.09 Å². The van der Waals surface area contributed by atoms with Gasteiger partial charge < -0.3 is 19.1 Å². The number of rotatable bonds is 10. The lowest BCUT2D eigenvalue weighted by Crippen LogP contribution is -2.43. The average molecular weight is 580 g/mol. The zero-order chi connectivity index (χ0) is 27.5. The van der Waals surface area contributed by atoms with Gasteiger partial charge in [0.25, 0.3) is 5.56 Å². The first-order valence-corrected chi connectivity index (χ1v) is 13.5. The Morgan fingerprint density at radius 2 is 1.95 bits per heavy atom. The molecule has 3 rings (SSSR count). The Morgan fingerprint density at radius 3 is 2.57 bits per heavy atom. The zero-order valence-corrected chi connectivity index (χ0v) is 22.8. The number of carbonyl (C=O) groups excluding carboxylic acids is 1. The predicted molar refractivity (Wildman–Crippen MR) is 135 cm³/mol. The Hall–Kier alpha value is -2.18. The van der Waals surface area contributed by atoms with Gasteiger partial charge in [-0.15, -0.1) is 11.6 Å². The quantitative estimate of drug-likeness (QED) is 0.217. The monoisotopic (exact) mass is 579 g/mol. The SMILES string of the molecule is CC(C)OC(=O)[C@@H](C)N[P@@](=O)(OC[C@H]1O[C@@H](n2cc(Cl)c(=O)[nH]c2=O)[C@](C)(Cl)[C@@H]1O)Oc1ccccc1. The molecule has 0 bridgehead atoms. The van der Waals surface area contributed by atoms with Crippen LogP contribution in [0.1, 0.15) is 33.9 Å². The Balaban J connectivity index is 1.82. The molecule has 15 heteroatoms. The molecule has 2 heterocycles. The molecular weight excluding hydrogens is 552 g/mol. The van der Waals surface area contributed by atoms with Gasteiger partial charge in [-0.1, -0.05) is 29.8 Å². The van der Waals surface area contributed by atoms with E-state index in [9.17, 15) is 24.1 Å². The highest BCUT2D eigenvalue weighted by Gasteiger charge is 2.54. The second-order valence-corrected chi connectivity index (χ2v) is 11.7. The zero-order valence-electron chi connectivity index (χ0n) is 20.4. The number of nitrogens with zero attached hydrogens (tertiary/aromatic N) is 1. The van der Waals surface area contributed by atoms with Gasteiger partial charge in [0, 0.05) is 6.20 Å². The molecule has 1 aliphatic rings. The minimum atomic E-state index is -4.25. The molecule has 6 atom stereocenters. The molecule has 1 aromatic carbocycles. The van der Waals surface area contributed by atoms with E-state index in [1.54, 1.807) is 32.0 Å². The first kappa shape index (κ1) is 29.4. The number of aromatic amines is 1. The van der Waals surface area contributed by atoms with Crippen LogP contribution in [0, 0.1) is 0 Å². The van der Waals surface area contributed by atoms with Crippen LogP contribution in [0.4, 0.5) is 0 Å². The first-order chi connectivity index (χ1) is 17.2. The smallest absolute Gasteiger partial charge is 0.459 e. The fraction of sp³-hybridized carbons (Fsp3) is 0.500. The largest absolute Gasteiger partial charge is 0.462 e. The van der Waals surface area contributed by atoms with Crippen LogP contribution in [-0.4, -0.2) is 56.5 Å². The second-order valence-electron chi connectivity index (χ2n) is 8.80. The van der Waals surface area contributed by atoms with Crippen molar-refractivity contribution in [3.05, 3.63) is 62.4 Å². The summed E-state index contributed by atoms with van der Waals surface area (Å²) in [5, 5.41) is 13.1. The number of hydrogen-bond donors (Lipinski definition) is 3. The summed E-state index contributed by atoms with van der Waals surface area (Å²) in [4.78, 5) is 36.7. The highest BCUT2D eigenvalue weighted by molar-refractivity contribution is 7.52. The van der Waals surface area contributed by atoms with Crippen LogP contribution in [-0.2, 0) is 23.4 Å². The number of benzene rings is 1. The summed E-state index contributed by atoms with van der Waals surface area (Å²) in [5.74, 6) is -0.500. The molecule has 0 amide bonds. The molecule has 0 unspecified atom stereocenters. The lowest BCUT2D eigenvalue weighted by Gasteiger charge is -2.26. The number of H-pyrrole nitrogens is 1. The Kier molecular flexibility index (Phi) is 9.28. The molecule has 0 spiro atoms. The van der Waals surface area contributed by atoms with Gasteiger partial charge in [-0.2, -0.15) is 5.09 Å². The third-order valence-corrected chi connectivity index (χ3v) is 7.65. The second kappa shape index (κ2) is 11.7. The van der Waals surface area contributed by atoms with Crippen LogP contribution in [0.3, 0.4) is 0 Å². The molecule has 0 radical (unpaired) electrons. The number of ether oxygens (including phenoxy) is 2. The number of aromatic nitrogens is 2. The van der Waals surface area contributed by atoms with Gasteiger partial charge >= 0.3 is 19.4 Å². The van der Waals surface area contributed by atoms with Crippen molar-refractivity contribution < 1.29 is 33.0 Å². The van der Waals surface area contributed by atoms with Crippen LogP contribution in [0.2, 0.25) is 5.02 Å². The summed E-state index contributed by atoms with van der Waals surface area (Å²) in [7, 11) is -4.25. The van der Waals surface area contributed by atoms with Crippen molar-refractivity contribution in [2.75, 3.05) is 6.61 Å². The lowest BCUT2D eigenvalue weighted by molar-refractivity contribution is -0.149. The number of nitrogens with one attached hydrogen (secondary N) is 2. The number of carbonyl (C=O) groups is 1. The fourth-order valence-corrected chi connectivity index (χ4v) is 5.44. The van der Waals surface area contributed by atoms with E-state index in [-0.39, 0.29) is 10.8 Å². The molecule has 0 saturated carbocycles. The highest BCUT2D eigenvalue weighted by atomic mass is 35.5. The highest BCUT2D eigenvalue weighted by Crippen LogP contribution is 2.48. The number of aliphatic hydroxyl groups is 1. The molecule has 12 nitrogen and oxygen atoms in total. The van der Waals surface area contributed by atoms with Crippen LogP contribution >= 0.6 is 30.9 Å². The third-order valence-electron chi connectivity index (χ3n) is 5.33. The summed E-state index contributed by atoms with van der Waals surface area (Å²) in [6, 6.07) is 7.01. The normalized spacial score (nSPS) is 26.0. The molecule has 2 aromatic rings. The van der Waals surface area contributed by atoms with Gasteiger partial charge in [0.1, 0.15) is 33.9 Å². The van der Waals surface area contributed by atoms with Gasteiger partial charge in [0.2, 0.25) is 0 Å². The molecule has 204 valence electrons. The summed E-state index contributed by atoms with van der Waals surface area (Å²) in [5.41, 5.74) is -1.66. The van der Waals surface area contributed by atoms with E-state index in [0.29, 0.717) is 0 Å². The molecule has 1 aromatic heterocycles. The standard InChI is InChI=1S/C22H28Cl2N3O9P/c1-12(2)34-19(30)13(3)26-37(32,36-14-8-6-5-7-9-14)33-11-16-17(28)22(4,24)20(35-16)27-10-15(23)18(29)25-21(27)31/h5-10,12-13,16-17,20,28H,11H2,1-4H3,(H,26,32)(H,25,29,31)/t13-,16-,17-,20-,22-,37-/m1/s1. The van der Waals surface area contributed by atoms with E-state index >= 15 is 0 Å². The van der Waals surface area contributed by atoms with Crippen molar-refractivity contribution in [1.82, 2.24) is 14.6 Å². The molecule has 0 aliphatic carbocycles. The topological polar surface area (TPSA) is 158 Å². The van der Waals surface area contributed by atoms with Crippen molar-refractivity contribution >= 4 is 36.9 Å². The molecule has 37 heavy (non-hydrogen) atoms. The number of aliphatic hydroxyl groups excluding tert-OH is 1. The number of alkyl halides is 1. The Labute approximate surface area is 222 Å². The molecular formula is C22H28Cl2N3O9P. The summed E-state index contributed by atoms with van der Waals surface area (Å²) in [6.45, 7) is 5.65. The number of hydrogen-bond acceptors (Lipinski definition) is 9. The Morgan fingerprint density at radius 1 is 1.30 bits per heavy atom. The average Bonchev–Trinajstić information content (AvgIpc) is 3.03. The van der Waals surface area contributed by atoms with Crippen LogP contribution in [0.5, 0.6) is 5.75 Å². The summed E-state index contributed by atoms with van der Waals surface area (Å²) < 4.78 is 36.6. The number of esters is 1. The maximum absolute atomic E-state index is 13.6. The predicted octanol–water partition coefficient (Wildman–Crippen LogP) is 2.58. The van der Waals surface area contributed by atoms with Gasteiger partial charge in [-0.25, -0.2) is 9.36 Å². The van der Waals surface area contributed by atoms with Crippen LogP contribution < -0.4 is 20.9 Å². The van der Waals surface area contributed by atoms with E-state index in [1.165, 1.54) is 26.0 Å². The van der Waals surface area contributed by atoms with E-state index in [0.717, 1.165) is 10.8 Å². The maximum atomic E-state index is 13.6. The van der Waals surface area contributed by atoms with Crippen LogP contribution in [0.25, 0.3) is 0 Å². The number of halogens is 2. The minimum absolute atomic E-state index is 0.185. The summed E-state index contributed by atoms with van der Waals surface area (Å²) >= 11 is 12.4. The van der Waals surface area contributed by atoms with Crippen molar-refractivity contribution in [2.24, 2.45) is 0 Å². The van der Waals surface area contributed by atoms with E-state index in [4.69, 9.17) is 41.7 Å².